The van der Waals surface area contributed by atoms with Crippen molar-refractivity contribution in [1.82, 2.24) is 9.55 Å². The summed E-state index contributed by atoms with van der Waals surface area (Å²) < 4.78 is 1.65. The zero-order valence-corrected chi connectivity index (χ0v) is 10.5. The Bertz CT molecular complexity index is 591. The Morgan fingerprint density at radius 3 is 2.53 bits per heavy atom. The number of aromatic nitrogens is 2. The van der Waals surface area contributed by atoms with E-state index in [4.69, 9.17) is 5.11 Å². The summed E-state index contributed by atoms with van der Waals surface area (Å²) >= 11 is 0. The number of aromatic carboxylic acids is 1. The Morgan fingerprint density at radius 2 is 2.00 bits per heavy atom. The highest BCUT2D eigenvalue weighted by Gasteiger charge is 2.18. The monoisotopic (exact) mass is 232 g/mol. The molecule has 2 rings (SSSR count). The first kappa shape index (κ1) is 11.6. The molecule has 4 heteroatoms. The average Bonchev–Trinajstić information content (AvgIpc) is 2.54. The summed E-state index contributed by atoms with van der Waals surface area (Å²) in [6.45, 7) is 6.26. The van der Waals surface area contributed by atoms with E-state index in [1.54, 1.807) is 17.7 Å². The third-order valence-electron chi connectivity index (χ3n) is 2.89. The molecule has 0 aliphatic heterocycles. The predicted octanol–water partition coefficient (Wildman–Crippen LogP) is 2.57. The van der Waals surface area contributed by atoms with Gasteiger partial charge in [-0.25, -0.2) is 4.79 Å². The lowest BCUT2D eigenvalue weighted by Crippen LogP contribution is -2.13. The molecule has 0 radical (unpaired) electrons. The van der Waals surface area contributed by atoms with Gasteiger partial charge in [0, 0.05) is 18.2 Å². The molecule has 0 unspecified atom stereocenters. The van der Waals surface area contributed by atoms with Crippen molar-refractivity contribution in [3.05, 3.63) is 29.6 Å². The van der Waals surface area contributed by atoms with Crippen molar-refractivity contribution in [2.75, 3.05) is 0 Å². The molecule has 1 N–H and O–H groups in total. The minimum atomic E-state index is -0.928. The molecule has 0 saturated heterocycles. The summed E-state index contributed by atoms with van der Waals surface area (Å²) in [5.41, 5.74) is 2.77. The van der Waals surface area contributed by atoms with Crippen LogP contribution < -0.4 is 0 Å². The normalized spacial score (nSPS) is 12.0. The Hall–Kier alpha value is -1.84. The van der Waals surface area contributed by atoms with Gasteiger partial charge in [-0.15, -0.1) is 0 Å². The fourth-order valence-electron chi connectivity index (χ4n) is 1.84. The van der Waals surface area contributed by atoms with Gasteiger partial charge in [0.15, 0.2) is 0 Å². The molecular weight excluding hydrogens is 216 g/mol. The molecular formula is C13H16N2O2. The number of carbonyl (C=O) groups is 1. The lowest BCUT2D eigenvalue weighted by Gasteiger charge is -2.17. The van der Waals surface area contributed by atoms with Gasteiger partial charge in [-0.2, -0.15) is 0 Å². The van der Waals surface area contributed by atoms with Crippen LogP contribution in [0, 0.1) is 0 Å². The number of nitrogens with zero attached hydrogens (tertiary/aromatic N) is 2. The smallest absolute Gasteiger partial charge is 0.352 e. The van der Waals surface area contributed by atoms with Gasteiger partial charge in [0.2, 0.25) is 0 Å². The number of aryl methyl sites for hydroxylation is 1. The molecule has 0 aliphatic carbocycles. The van der Waals surface area contributed by atoms with E-state index in [2.05, 4.69) is 25.8 Å². The molecule has 17 heavy (non-hydrogen) atoms. The third-order valence-corrected chi connectivity index (χ3v) is 2.89. The van der Waals surface area contributed by atoms with Gasteiger partial charge in [-0.3, -0.25) is 4.98 Å². The van der Waals surface area contributed by atoms with Crippen LogP contribution in [0.2, 0.25) is 0 Å². The van der Waals surface area contributed by atoms with Gasteiger partial charge >= 0.3 is 5.97 Å². The van der Waals surface area contributed by atoms with Gasteiger partial charge in [-0.05, 0) is 18.2 Å². The minimum absolute atomic E-state index is 0.0343. The van der Waals surface area contributed by atoms with E-state index in [0.717, 1.165) is 16.7 Å². The summed E-state index contributed by atoms with van der Waals surface area (Å²) in [5, 5.41) is 9.05. The van der Waals surface area contributed by atoms with Crippen LogP contribution in [0.1, 0.15) is 37.0 Å². The average molecular weight is 232 g/mol. The van der Waals surface area contributed by atoms with E-state index >= 15 is 0 Å². The summed E-state index contributed by atoms with van der Waals surface area (Å²) in [6, 6.07) is 5.50. The minimum Gasteiger partial charge on any atom is -0.477 e. The highest BCUT2D eigenvalue weighted by atomic mass is 16.4. The van der Waals surface area contributed by atoms with Gasteiger partial charge in [-0.1, -0.05) is 20.8 Å². The standard InChI is InChI=1S/C13H16N2O2/c1-13(2,3)11-6-5-9-8(14-11)7-10(12(16)17)15(9)4/h5-7H,1-4H3,(H,16,17). The van der Waals surface area contributed by atoms with Crippen molar-refractivity contribution in [3.8, 4) is 0 Å². The van der Waals surface area contributed by atoms with E-state index in [9.17, 15) is 4.79 Å². The van der Waals surface area contributed by atoms with Crippen molar-refractivity contribution in [1.29, 1.82) is 0 Å². The largest absolute Gasteiger partial charge is 0.477 e. The van der Waals surface area contributed by atoms with Crippen LogP contribution in [0.15, 0.2) is 18.2 Å². The van der Waals surface area contributed by atoms with Gasteiger partial charge in [0.1, 0.15) is 5.69 Å². The lowest BCUT2D eigenvalue weighted by atomic mass is 9.91. The molecule has 0 atom stereocenters. The lowest BCUT2D eigenvalue weighted by molar-refractivity contribution is 0.0687. The van der Waals surface area contributed by atoms with E-state index in [0.29, 0.717) is 0 Å². The van der Waals surface area contributed by atoms with Crippen LogP contribution in [0.25, 0.3) is 11.0 Å². The molecule has 2 aromatic rings. The zero-order valence-electron chi connectivity index (χ0n) is 10.5. The predicted molar refractivity (Wildman–Crippen MR) is 66.4 cm³/mol. The zero-order chi connectivity index (χ0) is 12.8. The van der Waals surface area contributed by atoms with Gasteiger partial charge in [0.25, 0.3) is 0 Å². The molecule has 0 saturated carbocycles. The number of pyridine rings is 1. The first-order chi connectivity index (χ1) is 7.80. The topological polar surface area (TPSA) is 55.1 Å². The highest BCUT2D eigenvalue weighted by molar-refractivity contribution is 5.93. The summed E-state index contributed by atoms with van der Waals surface area (Å²) in [7, 11) is 1.74. The molecule has 4 nitrogen and oxygen atoms in total. The number of rotatable bonds is 1. The number of hydrogen-bond acceptors (Lipinski definition) is 2. The van der Waals surface area contributed by atoms with E-state index in [1.165, 1.54) is 0 Å². The number of carboxylic acid groups (broad SMARTS) is 1. The molecule has 0 fully saturated rings. The Kier molecular flexibility index (Phi) is 2.45. The van der Waals surface area contributed by atoms with Crippen LogP contribution in [0.5, 0.6) is 0 Å². The Morgan fingerprint density at radius 1 is 1.35 bits per heavy atom. The van der Waals surface area contributed by atoms with Crippen LogP contribution in [0.3, 0.4) is 0 Å². The maximum absolute atomic E-state index is 11.0. The van der Waals surface area contributed by atoms with E-state index < -0.39 is 5.97 Å². The SMILES string of the molecule is Cn1c(C(=O)O)cc2nc(C(C)(C)C)ccc21. The first-order valence-corrected chi connectivity index (χ1v) is 5.51. The molecule has 0 aromatic carbocycles. The van der Waals surface area contributed by atoms with Crippen molar-refractivity contribution in [2.45, 2.75) is 26.2 Å². The third kappa shape index (κ3) is 1.90. The van der Waals surface area contributed by atoms with Gasteiger partial charge in [0.05, 0.1) is 11.0 Å². The molecule has 0 aliphatic rings. The van der Waals surface area contributed by atoms with Crippen LogP contribution in [-0.4, -0.2) is 20.6 Å². The Labute approximate surface area is 99.9 Å². The Balaban J connectivity index is 2.68. The molecule has 0 amide bonds. The van der Waals surface area contributed by atoms with Crippen LogP contribution in [0.4, 0.5) is 0 Å². The molecule has 2 heterocycles. The maximum Gasteiger partial charge on any atom is 0.352 e. The summed E-state index contributed by atoms with van der Waals surface area (Å²) in [4.78, 5) is 15.6. The molecule has 2 aromatic heterocycles. The molecule has 90 valence electrons. The van der Waals surface area contributed by atoms with Gasteiger partial charge < -0.3 is 9.67 Å². The van der Waals surface area contributed by atoms with Crippen molar-refractivity contribution < 1.29 is 9.90 Å². The number of hydrogen-bond donors (Lipinski definition) is 1. The second-order valence-electron chi connectivity index (χ2n) is 5.24. The highest BCUT2D eigenvalue weighted by Crippen LogP contribution is 2.24. The van der Waals surface area contributed by atoms with Crippen molar-refractivity contribution >= 4 is 17.0 Å². The fourth-order valence-corrected chi connectivity index (χ4v) is 1.84. The number of carboxylic acids is 1. The summed E-state index contributed by atoms with van der Waals surface area (Å²) in [6.07, 6.45) is 0. The quantitative estimate of drug-likeness (QED) is 0.822. The maximum atomic E-state index is 11.0. The van der Waals surface area contributed by atoms with Crippen LogP contribution in [-0.2, 0) is 12.5 Å². The molecule has 0 spiro atoms. The summed E-state index contributed by atoms with van der Waals surface area (Å²) in [5.74, 6) is -0.928. The van der Waals surface area contributed by atoms with Crippen molar-refractivity contribution in [2.24, 2.45) is 7.05 Å². The van der Waals surface area contributed by atoms with E-state index in [1.807, 2.05) is 12.1 Å². The van der Waals surface area contributed by atoms with Crippen molar-refractivity contribution in [3.63, 3.8) is 0 Å². The van der Waals surface area contributed by atoms with E-state index in [-0.39, 0.29) is 11.1 Å². The second-order valence-corrected chi connectivity index (χ2v) is 5.24. The number of fused-ring (bicyclic) bond motifs is 1. The second kappa shape index (κ2) is 3.58. The van der Waals surface area contributed by atoms with Crippen LogP contribution >= 0.6 is 0 Å². The molecule has 0 bridgehead atoms. The first-order valence-electron chi connectivity index (χ1n) is 5.51. The fraction of sp³-hybridized carbons (Fsp3) is 0.385.